The maximum absolute atomic E-state index is 9.64. The number of aromatic nitrogens is 4. The Balaban J connectivity index is 1.19. The zero-order valence-corrected chi connectivity index (χ0v) is 31.3. The van der Waals surface area contributed by atoms with Crippen LogP contribution in [0.3, 0.4) is 0 Å². The Kier molecular flexibility index (Phi) is 7.80. The summed E-state index contributed by atoms with van der Waals surface area (Å²) >= 11 is 0. The molecule has 0 saturated heterocycles. The SMILES string of the molecule is N#Cc1ccc(-c2cc(-c3nc(-c4ccccc4)cc(-c4ccccc4)n3)cc(-n3c4ccccc4c4ccc(-n5c6ccccc6c6ccccc65)cc43)c2)cc1. The van der Waals surface area contributed by atoms with E-state index in [-0.39, 0.29) is 0 Å². The smallest absolute Gasteiger partial charge is 0.160 e. The van der Waals surface area contributed by atoms with Crippen LogP contribution in [0.4, 0.5) is 0 Å². The van der Waals surface area contributed by atoms with Crippen LogP contribution >= 0.6 is 0 Å². The first kappa shape index (κ1) is 33.3. The van der Waals surface area contributed by atoms with E-state index >= 15 is 0 Å². The summed E-state index contributed by atoms with van der Waals surface area (Å²) in [4.78, 5) is 10.5. The highest BCUT2D eigenvalue weighted by atomic mass is 15.0. The van der Waals surface area contributed by atoms with Gasteiger partial charge in [-0.05, 0) is 77.9 Å². The lowest BCUT2D eigenvalue weighted by Crippen LogP contribution is -2.00. The minimum atomic E-state index is 0.617. The molecule has 0 aliphatic rings. The molecule has 270 valence electrons. The fourth-order valence-corrected chi connectivity index (χ4v) is 8.44. The molecule has 0 atom stereocenters. The molecule has 0 aliphatic carbocycles. The fraction of sp³-hybridized carbons (Fsp3) is 0. The average Bonchev–Trinajstić information content (AvgIpc) is 3.82. The van der Waals surface area contributed by atoms with Crippen LogP contribution in [0, 0.1) is 11.3 Å². The van der Waals surface area contributed by atoms with Gasteiger partial charge in [0.2, 0.25) is 0 Å². The van der Waals surface area contributed by atoms with Gasteiger partial charge in [0.1, 0.15) is 0 Å². The first-order chi connectivity index (χ1) is 28.7. The van der Waals surface area contributed by atoms with Crippen LogP contribution in [0.15, 0.2) is 200 Å². The van der Waals surface area contributed by atoms with Crippen molar-refractivity contribution >= 4 is 43.6 Å². The molecule has 0 saturated carbocycles. The number of hydrogen-bond acceptors (Lipinski definition) is 3. The van der Waals surface area contributed by atoms with Crippen LogP contribution in [-0.2, 0) is 0 Å². The van der Waals surface area contributed by atoms with Crippen molar-refractivity contribution in [2.45, 2.75) is 0 Å². The second kappa shape index (κ2) is 13.6. The van der Waals surface area contributed by atoms with Crippen molar-refractivity contribution in [3.05, 3.63) is 206 Å². The normalized spacial score (nSPS) is 11.4. The number of rotatable bonds is 6. The van der Waals surface area contributed by atoms with Crippen LogP contribution < -0.4 is 0 Å². The highest BCUT2D eigenvalue weighted by Gasteiger charge is 2.19. The van der Waals surface area contributed by atoms with Crippen LogP contribution in [0.25, 0.3) is 100 Å². The molecule has 8 aromatic carbocycles. The van der Waals surface area contributed by atoms with Crippen molar-refractivity contribution < 1.29 is 0 Å². The third kappa shape index (κ3) is 5.55. The van der Waals surface area contributed by atoms with Crippen molar-refractivity contribution in [1.82, 2.24) is 19.1 Å². The molecule has 58 heavy (non-hydrogen) atoms. The van der Waals surface area contributed by atoms with Crippen LogP contribution in [-0.4, -0.2) is 19.1 Å². The minimum absolute atomic E-state index is 0.617. The van der Waals surface area contributed by atoms with Crippen molar-refractivity contribution in [1.29, 1.82) is 5.26 Å². The molecule has 0 aliphatic heterocycles. The monoisotopic (exact) mass is 739 g/mol. The van der Waals surface area contributed by atoms with Gasteiger partial charge in [-0.2, -0.15) is 5.26 Å². The molecule has 0 bridgehead atoms. The van der Waals surface area contributed by atoms with E-state index in [4.69, 9.17) is 9.97 Å². The lowest BCUT2D eigenvalue weighted by atomic mass is 10.00. The van der Waals surface area contributed by atoms with Gasteiger partial charge in [0.25, 0.3) is 0 Å². The Morgan fingerprint density at radius 3 is 1.38 bits per heavy atom. The zero-order valence-electron chi connectivity index (χ0n) is 31.3. The quantitative estimate of drug-likeness (QED) is 0.171. The molecule has 0 amide bonds. The molecular formula is C53H33N5. The number of nitriles is 1. The van der Waals surface area contributed by atoms with E-state index in [0.29, 0.717) is 11.4 Å². The fourth-order valence-electron chi connectivity index (χ4n) is 8.44. The summed E-state index contributed by atoms with van der Waals surface area (Å²) in [6, 6.07) is 72.0. The number of benzene rings is 8. The third-order valence-electron chi connectivity index (χ3n) is 11.1. The predicted octanol–water partition coefficient (Wildman–Crippen LogP) is 13.2. The molecule has 0 N–H and O–H groups in total. The number of hydrogen-bond donors (Lipinski definition) is 0. The number of fused-ring (bicyclic) bond motifs is 6. The Morgan fingerprint density at radius 2 is 0.828 bits per heavy atom. The highest BCUT2D eigenvalue weighted by Crippen LogP contribution is 2.39. The molecule has 0 spiro atoms. The van der Waals surface area contributed by atoms with Gasteiger partial charge in [0, 0.05) is 49.6 Å². The van der Waals surface area contributed by atoms with Crippen molar-refractivity contribution in [3.63, 3.8) is 0 Å². The van der Waals surface area contributed by atoms with Gasteiger partial charge in [-0.15, -0.1) is 0 Å². The van der Waals surface area contributed by atoms with E-state index in [0.717, 1.165) is 61.6 Å². The summed E-state index contributed by atoms with van der Waals surface area (Å²) in [5, 5.41) is 14.4. The lowest BCUT2D eigenvalue weighted by Gasteiger charge is -2.15. The number of nitrogens with zero attached hydrogens (tertiary/aromatic N) is 5. The largest absolute Gasteiger partial charge is 0.309 e. The summed E-state index contributed by atoms with van der Waals surface area (Å²) in [6.07, 6.45) is 0. The van der Waals surface area contributed by atoms with E-state index < -0.39 is 0 Å². The Morgan fingerprint density at radius 1 is 0.345 bits per heavy atom. The number of para-hydroxylation sites is 3. The maximum Gasteiger partial charge on any atom is 0.160 e. The van der Waals surface area contributed by atoms with Crippen molar-refractivity contribution in [3.8, 4) is 62.5 Å². The molecular weight excluding hydrogens is 707 g/mol. The van der Waals surface area contributed by atoms with Gasteiger partial charge in [-0.25, -0.2) is 9.97 Å². The second-order valence-electron chi connectivity index (χ2n) is 14.6. The lowest BCUT2D eigenvalue weighted by molar-refractivity contribution is 1.15. The van der Waals surface area contributed by atoms with Crippen LogP contribution in [0.2, 0.25) is 0 Å². The average molecular weight is 740 g/mol. The third-order valence-corrected chi connectivity index (χ3v) is 11.1. The van der Waals surface area contributed by atoms with E-state index in [1.54, 1.807) is 0 Å². The molecule has 5 heteroatoms. The molecule has 0 unspecified atom stereocenters. The van der Waals surface area contributed by atoms with E-state index in [1.165, 1.54) is 32.6 Å². The van der Waals surface area contributed by atoms with E-state index in [1.807, 2.05) is 60.7 Å². The van der Waals surface area contributed by atoms with Gasteiger partial charge in [0.05, 0.1) is 45.1 Å². The molecule has 11 aromatic rings. The molecule has 5 nitrogen and oxygen atoms in total. The van der Waals surface area contributed by atoms with E-state index in [9.17, 15) is 5.26 Å². The molecule has 3 aromatic heterocycles. The first-order valence-electron chi connectivity index (χ1n) is 19.4. The Hall–Kier alpha value is -8.07. The first-order valence-corrected chi connectivity index (χ1v) is 19.4. The van der Waals surface area contributed by atoms with E-state index in [2.05, 4.69) is 155 Å². The van der Waals surface area contributed by atoms with Crippen LogP contribution in [0.5, 0.6) is 0 Å². The van der Waals surface area contributed by atoms with Gasteiger partial charge in [-0.1, -0.05) is 133 Å². The van der Waals surface area contributed by atoms with Gasteiger partial charge >= 0.3 is 0 Å². The van der Waals surface area contributed by atoms with Gasteiger partial charge < -0.3 is 9.13 Å². The topological polar surface area (TPSA) is 59.4 Å². The summed E-state index contributed by atoms with van der Waals surface area (Å²) in [5.74, 6) is 0.628. The molecule has 3 heterocycles. The molecule has 0 radical (unpaired) electrons. The maximum atomic E-state index is 9.64. The van der Waals surface area contributed by atoms with Crippen molar-refractivity contribution in [2.75, 3.05) is 0 Å². The summed E-state index contributed by atoms with van der Waals surface area (Å²) in [5.41, 5.74) is 13.8. The van der Waals surface area contributed by atoms with Gasteiger partial charge in [-0.3, -0.25) is 0 Å². The molecule has 0 fully saturated rings. The highest BCUT2D eigenvalue weighted by molar-refractivity contribution is 6.12. The Labute approximate surface area is 335 Å². The minimum Gasteiger partial charge on any atom is -0.309 e. The Bertz CT molecular complexity index is 3280. The van der Waals surface area contributed by atoms with Crippen LogP contribution in [0.1, 0.15) is 5.56 Å². The summed E-state index contributed by atoms with van der Waals surface area (Å²) < 4.78 is 4.75. The van der Waals surface area contributed by atoms with Gasteiger partial charge in [0.15, 0.2) is 5.82 Å². The summed E-state index contributed by atoms with van der Waals surface area (Å²) in [6.45, 7) is 0. The van der Waals surface area contributed by atoms with Crippen molar-refractivity contribution in [2.24, 2.45) is 0 Å². The standard InChI is InChI=1S/C53H33N5/c54-34-35-23-25-36(26-24-35)39-29-40(53-55-47(37-13-3-1-4-14-37)33-48(56-53)38-15-5-2-6-16-38)31-42(30-39)58-51-22-12-9-19-45(51)46-28-27-41(32-52(46)58)57-49-20-10-7-17-43(49)44-18-8-11-21-50(44)57/h1-33H. The second-order valence-corrected chi connectivity index (χ2v) is 14.6. The predicted molar refractivity (Wildman–Crippen MR) is 237 cm³/mol. The zero-order chi connectivity index (χ0) is 38.6. The summed E-state index contributed by atoms with van der Waals surface area (Å²) in [7, 11) is 0. The molecule has 11 rings (SSSR count).